The van der Waals surface area contributed by atoms with Crippen molar-refractivity contribution in [2.24, 2.45) is 0 Å². The fourth-order valence-corrected chi connectivity index (χ4v) is 2.11. The molecule has 0 aromatic heterocycles. The van der Waals surface area contributed by atoms with Crippen LogP contribution >= 0.6 is 27.5 Å². The molecule has 0 amide bonds. The zero-order chi connectivity index (χ0) is 13.0. The SMILES string of the molecule is Fc1ccc(CNCc2ccc(Br)cc2)c(Cl)c1. The number of benzene rings is 2. The van der Waals surface area contributed by atoms with Crippen LogP contribution in [0.1, 0.15) is 11.1 Å². The molecule has 2 rings (SSSR count). The van der Waals surface area contributed by atoms with Gasteiger partial charge < -0.3 is 5.32 Å². The summed E-state index contributed by atoms with van der Waals surface area (Å²) in [6.07, 6.45) is 0. The molecule has 0 radical (unpaired) electrons. The molecule has 18 heavy (non-hydrogen) atoms. The fraction of sp³-hybridized carbons (Fsp3) is 0.143. The quantitative estimate of drug-likeness (QED) is 0.869. The second kappa shape index (κ2) is 6.32. The predicted molar refractivity (Wildman–Crippen MR) is 76.1 cm³/mol. The zero-order valence-electron chi connectivity index (χ0n) is 9.59. The van der Waals surface area contributed by atoms with Crippen molar-refractivity contribution in [1.29, 1.82) is 0 Å². The second-order valence-corrected chi connectivity index (χ2v) is 5.29. The number of nitrogens with one attached hydrogen (secondary N) is 1. The molecule has 2 aromatic carbocycles. The van der Waals surface area contributed by atoms with Gasteiger partial charge in [-0.1, -0.05) is 45.7 Å². The molecule has 0 fully saturated rings. The first-order valence-electron chi connectivity index (χ1n) is 5.54. The summed E-state index contributed by atoms with van der Waals surface area (Å²) in [6.45, 7) is 1.37. The molecule has 1 N–H and O–H groups in total. The van der Waals surface area contributed by atoms with Crippen LogP contribution in [-0.2, 0) is 13.1 Å². The fourth-order valence-electron chi connectivity index (χ4n) is 1.61. The molecule has 0 aliphatic rings. The smallest absolute Gasteiger partial charge is 0.124 e. The van der Waals surface area contributed by atoms with E-state index in [2.05, 4.69) is 21.2 Å². The Balaban J connectivity index is 1.90. The van der Waals surface area contributed by atoms with E-state index in [0.717, 1.165) is 16.6 Å². The summed E-state index contributed by atoms with van der Waals surface area (Å²) in [5, 5.41) is 3.73. The van der Waals surface area contributed by atoms with Gasteiger partial charge in [0.25, 0.3) is 0 Å². The Morgan fingerprint density at radius 1 is 1.06 bits per heavy atom. The maximum Gasteiger partial charge on any atom is 0.124 e. The van der Waals surface area contributed by atoms with Gasteiger partial charge in [0.1, 0.15) is 5.82 Å². The first-order chi connectivity index (χ1) is 8.65. The van der Waals surface area contributed by atoms with Crippen LogP contribution in [-0.4, -0.2) is 0 Å². The van der Waals surface area contributed by atoms with Gasteiger partial charge in [0, 0.05) is 22.6 Å². The lowest BCUT2D eigenvalue weighted by Gasteiger charge is -2.07. The zero-order valence-corrected chi connectivity index (χ0v) is 11.9. The van der Waals surface area contributed by atoms with Crippen LogP contribution in [0.4, 0.5) is 4.39 Å². The lowest BCUT2D eigenvalue weighted by Crippen LogP contribution is -2.12. The standard InChI is InChI=1S/C14H12BrClFN/c15-12-4-1-10(2-5-12)8-18-9-11-3-6-13(17)7-14(11)16/h1-7,18H,8-9H2. The Hall–Kier alpha value is -0.900. The highest BCUT2D eigenvalue weighted by molar-refractivity contribution is 9.10. The van der Waals surface area contributed by atoms with E-state index in [9.17, 15) is 4.39 Å². The van der Waals surface area contributed by atoms with Crippen molar-refractivity contribution >= 4 is 27.5 Å². The van der Waals surface area contributed by atoms with Gasteiger partial charge in [-0.25, -0.2) is 4.39 Å². The molecular formula is C14H12BrClFN. The molecule has 0 bridgehead atoms. The van der Waals surface area contributed by atoms with E-state index < -0.39 is 0 Å². The van der Waals surface area contributed by atoms with Crippen LogP contribution in [0, 0.1) is 5.82 Å². The summed E-state index contributed by atoms with van der Waals surface area (Å²) < 4.78 is 13.9. The van der Waals surface area contributed by atoms with Crippen LogP contribution in [0.5, 0.6) is 0 Å². The lowest BCUT2D eigenvalue weighted by atomic mass is 10.2. The van der Waals surface area contributed by atoms with Crippen LogP contribution in [0.15, 0.2) is 46.9 Å². The van der Waals surface area contributed by atoms with Crippen LogP contribution in [0.3, 0.4) is 0 Å². The van der Waals surface area contributed by atoms with Gasteiger partial charge in [-0.05, 0) is 35.4 Å². The summed E-state index contributed by atoms with van der Waals surface area (Å²) in [7, 11) is 0. The molecule has 0 aliphatic heterocycles. The first-order valence-corrected chi connectivity index (χ1v) is 6.71. The molecule has 4 heteroatoms. The van der Waals surface area contributed by atoms with Gasteiger partial charge >= 0.3 is 0 Å². The van der Waals surface area contributed by atoms with E-state index in [0.29, 0.717) is 11.6 Å². The van der Waals surface area contributed by atoms with Crippen LogP contribution in [0.2, 0.25) is 5.02 Å². The summed E-state index contributed by atoms with van der Waals surface area (Å²) in [6, 6.07) is 12.5. The van der Waals surface area contributed by atoms with Gasteiger partial charge in [-0.2, -0.15) is 0 Å². The maximum absolute atomic E-state index is 12.9. The van der Waals surface area contributed by atoms with Gasteiger partial charge in [-0.3, -0.25) is 0 Å². The summed E-state index contributed by atoms with van der Waals surface area (Å²) >= 11 is 9.34. The molecule has 1 nitrogen and oxygen atoms in total. The average molecular weight is 329 g/mol. The van der Waals surface area contributed by atoms with Crippen molar-refractivity contribution < 1.29 is 4.39 Å². The minimum atomic E-state index is -0.309. The number of hydrogen-bond donors (Lipinski definition) is 1. The summed E-state index contributed by atoms with van der Waals surface area (Å²) in [5.41, 5.74) is 2.09. The summed E-state index contributed by atoms with van der Waals surface area (Å²) in [5.74, 6) is -0.309. The largest absolute Gasteiger partial charge is 0.309 e. The minimum Gasteiger partial charge on any atom is -0.309 e. The normalized spacial score (nSPS) is 10.6. The van der Waals surface area contributed by atoms with Gasteiger partial charge in [0.05, 0.1) is 0 Å². The van der Waals surface area contributed by atoms with Gasteiger partial charge in [-0.15, -0.1) is 0 Å². The highest BCUT2D eigenvalue weighted by Gasteiger charge is 2.01. The van der Waals surface area contributed by atoms with Crippen LogP contribution in [0.25, 0.3) is 0 Å². The van der Waals surface area contributed by atoms with Crippen molar-refractivity contribution in [2.75, 3.05) is 0 Å². The van der Waals surface area contributed by atoms with Gasteiger partial charge in [0.15, 0.2) is 0 Å². The molecule has 94 valence electrons. The molecule has 0 atom stereocenters. The molecular weight excluding hydrogens is 317 g/mol. The van der Waals surface area contributed by atoms with Crippen molar-refractivity contribution in [2.45, 2.75) is 13.1 Å². The molecule has 0 aliphatic carbocycles. The van der Waals surface area contributed by atoms with E-state index >= 15 is 0 Å². The molecule has 0 saturated heterocycles. The predicted octanol–water partition coefficient (Wildman–Crippen LogP) is 4.53. The second-order valence-electron chi connectivity index (χ2n) is 3.97. The third kappa shape index (κ3) is 3.80. The van der Waals surface area contributed by atoms with Crippen molar-refractivity contribution in [3.8, 4) is 0 Å². The Labute approximate surface area is 119 Å². The molecule has 2 aromatic rings. The van der Waals surface area contributed by atoms with E-state index in [-0.39, 0.29) is 5.82 Å². The summed E-state index contributed by atoms with van der Waals surface area (Å²) in [4.78, 5) is 0. The van der Waals surface area contributed by atoms with Gasteiger partial charge in [0.2, 0.25) is 0 Å². The molecule has 0 spiro atoms. The number of rotatable bonds is 4. The van der Waals surface area contributed by atoms with Crippen LogP contribution < -0.4 is 5.32 Å². The van der Waals surface area contributed by atoms with Crippen molar-refractivity contribution in [1.82, 2.24) is 5.32 Å². The van der Waals surface area contributed by atoms with E-state index in [4.69, 9.17) is 11.6 Å². The average Bonchev–Trinajstić information content (AvgIpc) is 2.34. The Morgan fingerprint density at radius 2 is 1.78 bits per heavy atom. The van der Waals surface area contributed by atoms with E-state index in [1.807, 2.05) is 24.3 Å². The lowest BCUT2D eigenvalue weighted by molar-refractivity contribution is 0.625. The molecule has 0 saturated carbocycles. The Kier molecular flexibility index (Phi) is 4.75. The molecule has 0 heterocycles. The highest BCUT2D eigenvalue weighted by atomic mass is 79.9. The monoisotopic (exact) mass is 327 g/mol. The molecule has 0 unspecified atom stereocenters. The third-order valence-corrected chi connectivity index (χ3v) is 3.45. The van der Waals surface area contributed by atoms with E-state index in [1.165, 1.54) is 17.7 Å². The van der Waals surface area contributed by atoms with Crippen molar-refractivity contribution in [3.05, 3.63) is 68.9 Å². The van der Waals surface area contributed by atoms with E-state index in [1.54, 1.807) is 6.07 Å². The highest BCUT2D eigenvalue weighted by Crippen LogP contribution is 2.17. The Bertz CT molecular complexity index is 528. The van der Waals surface area contributed by atoms with Crippen molar-refractivity contribution in [3.63, 3.8) is 0 Å². The third-order valence-electron chi connectivity index (χ3n) is 2.57. The minimum absolute atomic E-state index is 0.309. The topological polar surface area (TPSA) is 12.0 Å². The Morgan fingerprint density at radius 3 is 2.44 bits per heavy atom. The first kappa shape index (κ1) is 13.5. The maximum atomic E-state index is 12.9. The number of hydrogen-bond acceptors (Lipinski definition) is 1. The number of halogens is 3.